The van der Waals surface area contributed by atoms with E-state index in [-0.39, 0.29) is 11.3 Å². The highest BCUT2D eigenvalue weighted by atomic mass is 16.5. The van der Waals surface area contributed by atoms with Gasteiger partial charge in [0.15, 0.2) is 5.78 Å². The number of rotatable bonds is 4. The maximum Gasteiger partial charge on any atom is 0.335 e. The molecule has 3 rings (SSSR count). The number of carboxylic acids is 1. The number of carbonyl (C=O) groups is 2. The third-order valence-electron chi connectivity index (χ3n) is 3.58. The number of Topliss-reactive ketones (excluding diaryl/α,β-unsaturated/α-hetero) is 1. The summed E-state index contributed by atoms with van der Waals surface area (Å²) >= 11 is 0. The second kappa shape index (κ2) is 5.40. The maximum absolute atomic E-state index is 11.6. The Labute approximate surface area is 122 Å². The van der Waals surface area contributed by atoms with Crippen LogP contribution in [0, 0.1) is 0 Å². The number of aryl methyl sites for hydroxylation is 1. The third-order valence-corrected chi connectivity index (χ3v) is 3.58. The van der Waals surface area contributed by atoms with Gasteiger partial charge in [0.1, 0.15) is 12.4 Å². The normalized spacial score (nSPS) is 13.0. The van der Waals surface area contributed by atoms with Gasteiger partial charge in [-0.15, -0.1) is 0 Å². The van der Waals surface area contributed by atoms with E-state index in [4.69, 9.17) is 9.84 Å². The minimum absolute atomic E-state index is 0.186. The number of hydrogen-bond acceptors (Lipinski definition) is 3. The van der Waals surface area contributed by atoms with E-state index in [0.717, 1.165) is 23.1 Å². The molecule has 0 aliphatic heterocycles. The molecule has 2 aromatic carbocycles. The molecule has 1 aliphatic rings. The van der Waals surface area contributed by atoms with Crippen molar-refractivity contribution >= 4 is 11.8 Å². The first-order valence-electron chi connectivity index (χ1n) is 6.74. The molecular formula is C17H14O4. The van der Waals surface area contributed by atoms with Crippen LogP contribution in [-0.2, 0) is 13.0 Å². The van der Waals surface area contributed by atoms with Crippen LogP contribution < -0.4 is 4.74 Å². The highest BCUT2D eigenvalue weighted by molar-refractivity contribution is 6.00. The van der Waals surface area contributed by atoms with E-state index < -0.39 is 5.97 Å². The number of carbonyl (C=O) groups excluding carboxylic acids is 1. The summed E-state index contributed by atoms with van der Waals surface area (Å²) in [5.74, 6) is -0.0669. The molecule has 0 saturated carbocycles. The number of carboxylic acid groups (broad SMARTS) is 1. The van der Waals surface area contributed by atoms with Crippen molar-refractivity contribution in [3.63, 3.8) is 0 Å². The fraction of sp³-hybridized carbons (Fsp3) is 0.176. The van der Waals surface area contributed by atoms with Crippen molar-refractivity contribution < 1.29 is 19.4 Å². The topological polar surface area (TPSA) is 63.6 Å². The van der Waals surface area contributed by atoms with Gasteiger partial charge in [0.05, 0.1) is 5.56 Å². The number of fused-ring (bicyclic) bond motifs is 1. The van der Waals surface area contributed by atoms with Gasteiger partial charge < -0.3 is 9.84 Å². The summed E-state index contributed by atoms with van der Waals surface area (Å²) in [5, 5.41) is 8.95. The molecule has 0 aromatic heterocycles. The van der Waals surface area contributed by atoms with Gasteiger partial charge in [0.25, 0.3) is 0 Å². The zero-order valence-electron chi connectivity index (χ0n) is 11.3. The van der Waals surface area contributed by atoms with Gasteiger partial charge in [-0.1, -0.05) is 12.1 Å². The molecule has 106 valence electrons. The molecule has 4 heteroatoms. The number of hydrogen-bond donors (Lipinski definition) is 1. The van der Waals surface area contributed by atoms with Gasteiger partial charge in [0, 0.05) is 12.0 Å². The van der Waals surface area contributed by atoms with Crippen LogP contribution in [0.3, 0.4) is 0 Å². The van der Waals surface area contributed by atoms with Crippen molar-refractivity contribution in [1.29, 1.82) is 0 Å². The van der Waals surface area contributed by atoms with E-state index in [1.54, 1.807) is 30.3 Å². The lowest BCUT2D eigenvalue weighted by molar-refractivity contribution is 0.0696. The van der Waals surface area contributed by atoms with Crippen molar-refractivity contribution in [3.05, 3.63) is 64.7 Å². The van der Waals surface area contributed by atoms with Crippen LogP contribution in [0.1, 0.15) is 38.3 Å². The van der Waals surface area contributed by atoms with E-state index in [2.05, 4.69) is 0 Å². The van der Waals surface area contributed by atoms with Crippen LogP contribution in [0.15, 0.2) is 42.5 Å². The Morgan fingerprint density at radius 3 is 2.81 bits per heavy atom. The maximum atomic E-state index is 11.6. The molecule has 1 aliphatic carbocycles. The highest BCUT2D eigenvalue weighted by Crippen LogP contribution is 2.26. The summed E-state index contributed by atoms with van der Waals surface area (Å²) in [5.41, 5.74) is 2.86. The molecule has 0 atom stereocenters. The van der Waals surface area contributed by atoms with Crippen LogP contribution in [0.25, 0.3) is 0 Å². The summed E-state index contributed by atoms with van der Waals surface area (Å²) < 4.78 is 5.68. The number of ketones is 1. The minimum atomic E-state index is -0.951. The molecule has 0 saturated heterocycles. The van der Waals surface area contributed by atoms with E-state index in [1.807, 2.05) is 12.1 Å². The average molecular weight is 282 g/mol. The Kier molecular flexibility index (Phi) is 3.44. The SMILES string of the molecule is O=C(O)c1cccc(COc2ccc3c(c2)CCC3=O)c1. The van der Waals surface area contributed by atoms with Gasteiger partial charge in [0.2, 0.25) is 0 Å². The predicted octanol–water partition coefficient (Wildman–Crippen LogP) is 3.09. The number of benzene rings is 2. The summed E-state index contributed by atoms with van der Waals surface area (Å²) in [6.45, 7) is 0.299. The Hall–Kier alpha value is -2.62. The smallest absolute Gasteiger partial charge is 0.335 e. The molecule has 0 radical (unpaired) electrons. The van der Waals surface area contributed by atoms with E-state index in [0.29, 0.717) is 18.8 Å². The van der Waals surface area contributed by atoms with Crippen molar-refractivity contribution in [2.24, 2.45) is 0 Å². The van der Waals surface area contributed by atoms with E-state index in [9.17, 15) is 9.59 Å². The Bertz CT molecular complexity index is 718. The fourth-order valence-corrected chi connectivity index (χ4v) is 2.48. The number of ether oxygens (including phenoxy) is 1. The summed E-state index contributed by atoms with van der Waals surface area (Å²) in [4.78, 5) is 22.5. The molecule has 0 spiro atoms. The van der Waals surface area contributed by atoms with Crippen LogP contribution in [0.2, 0.25) is 0 Å². The van der Waals surface area contributed by atoms with Crippen LogP contribution in [0.4, 0.5) is 0 Å². The average Bonchev–Trinajstić information content (AvgIpc) is 2.86. The zero-order valence-corrected chi connectivity index (χ0v) is 11.3. The molecule has 0 bridgehead atoms. The Balaban J connectivity index is 1.72. The zero-order chi connectivity index (χ0) is 14.8. The largest absolute Gasteiger partial charge is 0.489 e. The van der Waals surface area contributed by atoms with E-state index in [1.165, 1.54) is 0 Å². The lowest BCUT2D eigenvalue weighted by Crippen LogP contribution is -2.00. The third kappa shape index (κ3) is 2.79. The first kappa shape index (κ1) is 13.4. The number of aromatic carboxylic acids is 1. The highest BCUT2D eigenvalue weighted by Gasteiger charge is 2.19. The first-order chi connectivity index (χ1) is 10.1. The molecule has 0 fully saturated rings. The lowest BCUT2D eigenvalue weighted by Gasteiger charge is -2.08. The molecule has 0 amide bonds. The molecule has 4 nitrogen and oxygen atoms in total. The van der Waals surface area contributed by atoms with Gasteiger partial charge in [-0.05, 0) is 47.9 Å². The van der Waals surface area contributed by atoms with Gasteiger partial charge in [-0.3, -0.25) is 4.79 Å². The Morgan fingerprint density at radius 2 is 2.00 bits per heavy atom. The molecule has 21 heavy (non-hydrogen) atoms. The molecule has 2 aromatic rings. The first-order valence-corrected chi connectivity index (χ1v) is 6.74. The van der Waals surface area contributed by atoms with E-state index >= 15 is 0 Å². The van der Waals surface area contributed by atoms with Gasteiger partial charge >= 0.3 is 5.97 Å². The minimum Gasteiger partial charge on any atom is -0.489 e. The fourth-order valence-electron chi connectivity index (χ4n) is 2.48. The summed E-state index contributed by atoms with van der Waals surface area (Å²) in [6.07, 6.45) is 1.33. The van der Waals surface area contributed by atoms with Gasteiger partial charge in [-0.2, -0.15) is 0 Å². The molecular weight excluding hydrogens is 268 g/mol. The lowest BCUT2D eigenvalue weighted by atomic mass is 10.1. The second-order valence-corrected chi connectivity index (χ2v) is 5.04. The van der Waals surface area contributed by atoms with Crippen LogP contribution in [-0.4, -0.2) is 16.9 Å². The quantitative estimate of drug-likeness (QED) is 0.936. The standard InChI is InChI=1S/C17H14O4/c18-16-7-4-12-9-14(5-6-15(12)16)21-10-11-2-1-3-13(8-11)17(19)20/h1-3,5-6,8-9H,4,7,10H2,(H,19,20). The molecule has 0 heterocycles. The van der Waals surface area contributed by atoms with Crippen LogP contribution >= 0.6 is 0 Å². The second-order valence-electron chi connectivity index (χ2n) is 5.04. The van der Waals surface area contributed by atoms with Crippen molar-refractivity contribution in [1.82, 2.24) is 0 Å². The van der Waals surface area contributed by atoms with Crippen molar-refractivity contribution in [2.45, 2.75) is 19.4 Å². The summed E-state index contributed by atoms with van der Waals surface area (Å²) in [6, 6.07) is 12.1. The molecule has 0 unspecified atom stereocenters. The monoisotopic (exact) mass is 282 g/mol. The molecule has 1 N–H and O–H groups in total. The predicted molar refractivity (Wildman–Crippen MR) is 76.8 cm³/mol. The van der Waals surface area contributed by atoms with Crippen LogP contribution in [0.5, 0.6) is 5.75 Å². The Morgan fingerprint density at radius 1 is 1.14 bits per heavy atom. The van der Waals surface area contributed by atoms with Crippen molar-refractivity contribution in [3.8, 4) is 5.75 Å². The van der Waals surface area contributed by atoms with Gasteiger partial charge in [-0.25, -0.2) is 4.79 Å². The summed E-state index contributed by atoms with van der Waals surface area (Å²) in [7, 11) is 0. The van der Waals surface area contributed by atoms with Crippen molar-refractivity contribution in [2.75, 3.05) is 0 Å².